The summed E-state index contributed by atoms with van der Waals surface area (Å²) >= 11 is 0. The number of rotatable bonds is 1. The molecule has 0 N–H and O–H groups in total. The predicted molar refractivity (Wildman–Crippen MR) is 92.2 cm³/mol. The van der Waals surface area contributed by atoms with Crippen LogP contribution in [0.25, 0.3) is 0 Å². The Morgan fingerprint density at radius 1 is 1.04 bits per heavy atom. The zero-order chi connectivity index (χ0) is 18.3. The number of carbonyl (C=O) groups excluding carboxylic acids is 1. The average molecular weight is 354 g/mol. The summed E-state index contributed by atoms with van der Waals surface area (Å²) in [7, 11) is 1.39. The molecule has 3 unspecified atom stereocenters. The molecule has 0 aliphatic heterocycles. The van der Waals surface area contributed by atoms with Gasteiger partial charge in [0, 0.05) is 11.8 Å². The topological polar surface area (TPSA) is 26.3 Å². The zero-order valence-electron chi connectivity index (χ0n) is 16.0. The van der Waals surface area contributed by atoms with Crippen LogP contribution in [0, 0.1) is 39.9 Å². The largest absolute Gasteiger partial charge is 0.469 e. The molecule has 4 fully saturated rings. The van der Waals surface area contributed by atoms with Crippen LogP contribution in [0.15, 0.2) is 0 Å². The molecule has 0 aromatic carbocycles. The van der Waals surface area contributed by atoms with Gasteiger partial charge in [-0.3, -0.25) is 4.79 Å². The summed E-state index contributed by atoms with van der Waals surface area (Å²) in [6, 6.07) is 0. The molecule has 4 aliphatic carbocycles. The molecule has 0 heterocycles. The minimum Gasteiger partial charge on any atom is -0.469 e. The molecule has 4 rings (SSSR count). The number of hydrogen-bond acceptors (Lipinski definition) is 2. The van der Waals surface area contributed by atoms with E-state index in [1.54, 1.807) is 0 Å². The molecule has 0 amide bonds. The molecule has 0 saturated heterocycles. The fraction of sp³-hybridized carbons (Fsp3) is 0.952. The van der Waals surface area contributed by atoms with Crippen LogP contribution in [0.3, 0.4) is 0 Å². The highest BCUT2D eigenvalue weighted by Crippen LogP contribution is 2.76. The summed E-state index contributed by atoms with van der Waals surface area (Å²) in [5, 5.41) is 0. The Morgan fingerprint density at radius 2 is 1.76 bits per heavy atom. The Morgan fingerprint density at radius 3 is 2.44 bits per heavy atom. The molecule has 1 spiro atoms. The van der Waals surface area contributed by atoms with E-state index in [-0.39, 0.29) is 29.6 Å². The number of hydrogen-bond donors (Lipinski definition) is 0. The summed E-state index contributed by atoms with van der Waals surface area (Å²) in [6.07, 6.45) is 5.83. The first kappa shape index (κ1) is 17.7. The number of esters is 1. The normalized spacial score (nSPS) is 53.7. The molecule has 4 aliphatic rings. The van der Waals surface area contributed by atoms with Gasteiger partial charge in [0.2, 0.25) is 0 Å². The maximum Gasteiger partial charge on any atom is 0.311 e. The van der Waals surface area contributed by atoms with Crippen molar-refractivity contribution in [1.82, 2.24) is 0 Å². The molecule has 2 bridgehead atoms. The third-order valence-electron chi connectivity index (χ3n) is 9.22. The lowest BCUT2D eigenvalue weighted by Crippen LogP contribution is -2.65. The second-order valence-corrected chi connectivity index (χ2v) is 10.2. The van der Waals surface area contributed by atoms with Gasteiger partial charge in [0.15, 0.2) is 0 Å². The highest BCUT2D eigenvalue weighted by molar-refractivity contribution is 5.77. The SMILES string of the molecule is COC(=O)[C@]1(C)CCC[C@@]2(C)C3CC[C@@H]4C[C@]3(CC4C)C(F)(F)CC21. The first-order valence-corrected chi connectivity index (χ1v) is 10.1. The quantitative estimate of drug-likeness (QED) is 0.585. The van der Waals surface area contributed by atoms with Crippen molar-refractivity contribution in [2.24, 2.45) is 39.9 Å². The van der Waals surface area contributed by atoms with E-state index < -0.39 is 16.8 Å². The van der Waals surface area contributed by atoms with Crippen LogP contribution in [0.1, 0.15) is 72.1 Å². The van der Waals surface area contributed by atoms with Crippen molar-refractivity contribution in [3.05, 3.63) is 0 Å². The predicted octanol–water partition coefficient (Wildman–Crippen LogP) is 5.45. The highest BCUT2D eigenvalue weighted by Gasteiger charge is 2.74. The van der Waals surface area contributed by atoms with Gasteiger partial charge in [0.1, 0.15) is 0 Å². The van der Waals surface area contributed by atoms with Crippen LogP contribution in [-0.4, -0.2) is 19.0 Å². The first-order valence-electron chi connectivity index (χ1n) is 10.1. The van der Waals surface area contributed by atoms with Gasteiger partial charge in [-0.15, -0.1) is 0 Å². The van der Waals surface area contributed by atoms with Crippen molar-refractivity contribution >= 4 is 5.97 Å². The molecular formula is C21H32F2O2. The van der Waals surface area contributed by atoms with E-state index in [1.807, 2.05) is 6.92 Å². The van der Waals surface area contributed by atoms with E-state index >= 15 is 8.78 Å². The van der Waals surface area contributed by atoms with Crippen molar-refractivity contribution in [3.63, 3.8) is 0 Å². The summed E-state index contributed by atoms with van der Waals surface area (Å²) in [6.45, 7) is 6.28. The first-order chi connectivity index (χ1) is 11.6. The molecule has 4 saturated carbocycles. The minimum absolute atomic E-state index is 0.0410. The molecule has 142 valence electrons. The van der Waals surface area contributed by atoms with Gasteiger partial charge in [-0.25, -0.2) is 8.78 Å². The summed E-state index contributed by atoms with van der Waals surface area (Å²) in [4.78, 5) is 12.6. The second kappa shape index (κ2) is 5.19. The van der Waals surface area contributed by atoms with Gasteiger partial charge in [0.25, 0.3) is 5.92 Å². The van der Waals surface area contributed by atoms with E-state index in [0.717, 1.165) is 25.7 Å². The van der Waals surface area contributed by atoms with Crippen LogP contribution in [-0.2, 0) is 9.53 Å². The Kier molecular flexibility index (Phi) is 3.68. The lowest BCUT2D eigenvalue weighted by atomic mass is 9.40. The molecule has 0 aromatic rings. The molecule has 0 aromatic heterocycles. The van der Waals surface area contributed by atoms with Gasteiger partial charge in [0.05, 0.1) is 12.5 Å². The maximum atomic E-state index is 15.7. The lowest BCUT2D eigenvalue weighted by Gasteiger charge is -2.65. The molecule has 7 atom stereocenters. The number of ether oxygens (including phenoxy) is 1. The fourth-order valence-corrected chi connectivity index (χ4v) is 8.06. The van der Waals surface area contributed by atoms with E-state index in [0.29, 0.717) is 31.1 Å². The highest BCUT2D eigenvalue weighted by atomic mass is 19.3. The van der Waals surface area contributed by atoms with Gasteiger partial charge in [-0.1, -0.05) is 20.3 Å². The summed E-state index contributed by atoms with van der Waals surface area (Å²) in [5.74, 6) is -2.32. The van der Waals surface area contributed by atoms with Gasteiger partial charge in [-0.2, -0.15) is 0 Å². The molecule has 4 heteroatoms. The Bertz CT molecular complexity index is 586. The van der Waals surface area contributed by atoms with Crippen molar-refractivity contribution < 1.29 is 18.3 Å². The standard InChI is InChI=1S/C21H32F2O2/c1-13-10-20-11-14(13)6-7-15(20)18(2)8-5-9-19(3,17(24)25-4)16(18)12-21(20,22)23/h13-16H,5-12H2,1-4H3/t13?,14-,15?,16?,18+,19-,20+/m1/s1. The van der Waals surface area contributed by atoms with Gasteiger partial charge in [-0.05, 0) is 74.5 Å². The van der Waals surface area contributed by atoms with Crippen LogP contribution in [0.2, 0.25) is 0 Å². The number of fused-ring (bicyclic) bond motifs is 3. The number of halogens is 2. The van der Waals surface area contributed by atoms with Gasteiger partial charge >= 0.3 is 5.97 Å². The van der Waals surface area contributed by atoms with Gasteiger partial charge < -0.3 is 4.74 Å². The smallest absolute Gasteiger partial charge is 0.311 e. The molecule has 2 nitrogen and oxygen atoms in total. The average Bonchev–Trinajstić information content (AvgIpc) is 2.81. The van der Waals surface area contributed by atoms with Crippen molar-refractivity contribution in [2.45, 2.75) is 78.1 Å². The maximum absolute atomic E-state index is 15.7. The lowest BCUT2D eigenvalue weighted by molar-refractivity contribution is -0.268. The van der Waals surface area contributed by atoms with Crippen molar-refractivity contribution in [3.8, 4) is 0 Å². The Labute approximate surface area is 150 Å². The summed E-state index contributed by atoms with van der Waals surface area (Å²) < 4.78 is 36.5. The Hall–Kier alpha value is -0.670. The third kappa shape index (κ3) is 2.03. The molecular weight excluding hydrogens is 322 g/mol. The van der Waals surface area contributed by atoms with E-state index in [4.69, 9.17) is 4.74 Å². The third-order valence-corrected chi connectivity index (χ3v) is 9.22. The van der Waals surface area contributed by atoms with Crippen LogP contribution in [0.5, 0.6) is 0 Å². The minimum atomic E-state index is -2.67. The number of methoxy groups -OCH3 is 1. The summed E-state index contributed by atoms with van der Waals surface area (Å²) in [5.41, 5.74) is -1.76. The number of alkyl halides is 2. The van der Waals surface area contributed by atoms with Crippen molar-refractivity contribution in [2.75, 3.05) is 7.11 Å². The van der Waals surface area contributed by atoms with Crippen LogP contribution >= 0.6 is 0 Å². The molecule has 0 radical (unpaired) electrons. The van der Waals surface area contributed by atoms with Crippen LogP contribution < -0.4 is 0 Å². The molecule has 25 heavy (non-hydrogen) atoms. The van der Waals surface area contributed by atoms with E-state index in [1.165, 1.54) is 7.11 Å². The van der Waals surface area contributed by atoms with Crippen LogP contribution in [0.4, 0.5) is 8.78 Å². The van der Waals surface area contributed by atoms with Crippen molar-refractivity contribution in [1.29, 1.82) is 0 Å². The zero-order valence-corrected chi connectivity index (χ0v) is 16.0. The number of carbonyl (C=O) groups is 1. The second-order valence-electron chi connectivity index (χ2n) is 10.2. The Balaban J connectivity index is 1.82. The van der Waals surface area contributed by atoms with E-state index in [2.05, 4.69) is 13.8 Å². The monoisotopic (exact) mass is 354 g/mol. The fourth-order valence-electron chi connectivity index (χ4n) is 8.06. The van der Waals surface area contributed by atoms with E-state index in [9.17, 15) is 4.79 Å².